The standard InChI is InChI=1S/C17H12ClNO3S/c18-15-10-13(17(19)20)6-8-16(15)23(21,22)14-7-5-11-3-1-2-4-12(11)9-14/h1-10H,(H2,19,20). The molecule has 1 amide bonds. The summed E-state index contributed by atoms with van der Waals surface area (Å²) in [5.74, 6) is -0.665. The first-order valence-corrected chi connectivity index (χ1v) is 8.59. The number of benzene rings is 3. The average Bonchev–Trinajstić information content (AvgIpc) is 2.54. The Bertz CT molecular complexity index is 1030. The van der Waals surface area contributed by atoms with Crippen LogP contribution >= 0.6 is 11.6 Å². The molecule has 0 radical (unpaired) electrons. The fourth-order valence-electron chi connectivity index (χ4n) is 2.33. The molecule has 0 spiro atoms. The van der Waals surface area contributed by atoms with Gasteiger partial charge in [0.15, 0.2) is 0 Å². The van der Waals surface area contributed by atoms with Gasteiger partial charge in [-0.05, 0) is 41.1 Å². The van der Waals surface area contributed by atoms with Crippen molar-refractivity contribution in [3.05, 3.63) is 71.2 Å². The lowest BCUT2D eigenvalue weighted by Gasteiger charge is -2.09. The Balaban J connectivity index is 2.15. The first-order valence-electron chi connectivity index (χ1n) is 6.73. The predicted molar refractivity (Wildman–Crippen MR) is 89.4 cm³/mol. The monoisotopic (exact) mass is 345 g/mol. The number of hydrogen-bond acceptors (Lipinski definition) is 3. The zero-order valence-electron chi connectivity index (χ0n) is 11.9. The summed E-state index contributed by atoms with van der Waals surface area (Å²) in [5, 5.41) is 1.73. The van der Waals surface area contributed by atoms with E-state index in [9.17, 15) is 13.2 Å². The molecule has 0 bridgehead atoms. The van der Waals surface area contributed by atoms with E-state index < -0.39 is 15.7 Å². The summed E-state index contributed by atoms with van der Waals surface area (Å²) in [5.41, 5.74) is 5.33. The molecule has 0 aliphatic rings. The van der Waals surface area contributed by atoms with Gasteiger partial charge >= 0.3 is 0 Å². The summed E-state index contributed by atoms with van der Waals surface area (Å²) in [4.78, 5) is 11.2. The minimum absolute atomic E-state index is 0.0329. The number of fused-ring (bicyclic) bond motifs is 1. The summed E-state index contributed by atoms with van der Waals surface area (Å²) in [6.45, 7) is 0. The van der Waals surface area contributed by atoms with Crippen LogP contribution in [0.15, 0.2) is 70.5 Å². The Kier molecular flexibility index (Phi) is 3.83. The Hall–Kier alpha value is -2.37. The van der Waals surface area contributed by atoms with E-state index in [0.29, 0.717) is 0 Å². The van der Waals surface area contributed by atoms with Crippen molar-refractivity contribution in [1.82, 2.24) is 0 Å². The molecule has 0 atom stereocenters. The number of primary amides is 1. The number of amides is 1. The second-order valence-corrected chi connectivity index (χ2v) is 7.35. The lowest BCUT2D eigenvalue weighted by atomic mass is 10.1. The normalized spacial score (nSPS) is 11.5. The fraction of sp³-hybridized carbons (Fsp3) is 0. The van der Waals surface area contributed by atoms with Crippen LogP contribution in [0, 0.1) is 0 Å². The van der Waals surface area contributed by atoms with Crippen molar-refractivity contribution in [2.75, 3.05) is 0 Å². The van der Waals surface area contributed by atoms with Crippen LogP contribution in [0.2, 0.25) is 5.02 Å². The van der Waals surface area contributed by atoms with Gasteiger partial charge < -0.3 is 5.73 Å². The van der Waals surface area contributed by atoms with Gasteiger partial charge in [0, 0.05) is 5.56 Å². The van der Waals surface area contributed by atoms with Crippen molar-refractivity contribution >= 4 is 38.1 Å². The molecular formula is C17H12ClNO3S. The van der Waals surface area contributed by atoms with Gasteiger partial charge in [0.2, 0.25) is 15.7 Å². The molecule has 0 saturated carbocycles. The SMILES string of the molecule is NC(=O)c1ccc(S(=O)(=O)c2ccc3ccccc3c2)c(Cl)c1. The molecule has 0 aliphatic carbocycles. The third kappa shape index (κ3) is 2.81. The second kappa shape index (κ2) is 5.68. The highest BCUT2D eigenvalue weighted by Gasteiger charge is 2.22. The van der Waals surface area contributed by atoms with E-state index in [4.69, 9.17) is 17.3 Å². The van der Waals surface area contributed by atoms with Crippen LogP contribution in [0.3, 0.4) is 0 Å². The Labute approximate surface area is 138 Å². The number of sulfone groups is 1. The predicted octanol–water partition coefficient (Wildman–Crippen LogP) is 3.42. The largest absolute Gasteiger partial charge is 0.366 e. The Morgan fingerprint density at radius 1 is 0.913 bits per heavy atom. The molecule has 0 aliphatic heterocycles. The van der Waals surface area contributed by atoms with Crippen molar-refractivity contribution in [1.29, 1.82) is 0 Å². The van der Waals surface area contributed by atoms with Crippen LogP contribution in [0.1, 0.15) is 10.4 Å². The van der Waals surface area contributed by atoms with Crippen molar-refractivity contribution in [2.45, 2.75) is 9.79 Å². The summed E-state index contributed by atoms with van der Waals surface area (Å²) in [7, 11) is -3.79. The van der Waals surface area contributed by atoms with E-state index in [1.807, 2.05) is 24.3 Å². The van der Waals surface area contributed by atoms with Gasteiger partial charge in [0.25, 0.3) is 0 Å². The molecule has 6 heteroatoms. The quantitative estimate of drug-likeness (QED) is 0.790. The van der Waals surface area contributed by atoms with Gasteiger partial charge in [0.05, 0.1) is 14.8 Å². The van der Waals surface area contributed by atoms with E-state index in [-0.39, 0.29) is 20.4 Å². The minimum Gasteiger partial charge on any atom is -0.366 e. The maximum atomic E-state index is 12.8. The molecule has 4 nitrogen and oxygen atoms in total. The molecule has 116 valence electrons. The fourth-order valence-corrected chi connectivity index (χ4v) is 4.16. The van der Waals surface area contributed by atoms with Crippen molar-refractivity contribution < 1.29 is 13.2 Å². The van der Waals surface area contributed by atoms with Gasteiger partial charge in [-0.1, -0.05) is 41.9 Å². The molecule has 0 unspecified atom stereocenters. The number of halogens is 1. The highest BCUT2D eigenvalue weighted by Crippen LogP contribution is 2.30. The van der Waals surface area contributed by atoms with Crippen LogP contribution < -0.4 is 5.73 Å². The van der Waals surface area contributed by atoms with E-state index >= 15 is 0 Å². The van der Waals surface area contributed by atoms with Crippen LogP contribution in [-0.2, 0) is 9.84 Å². The Morgan fingerprint density at radius 3 is 2.26 bits per heavy atom. The van der Waals surface area contributed by atoms with Crippen molar-refractivity contribution in [3.63, 3.8) is 0 Å². The van der Waals surface area contributed by atoms with Gasteiger partial charge in [-0.3, -0.25) is 4.79 Å². The molecule has 2 N–H and O–H groups in total. The number of nitrogens with two attached hydrogens (primary N) is 1. The first-order chi connectivity index (χ1) is 10.9. The molecular weight excluding hydrogens is 334 g/mol. The molecule has 0 fully saturated rings. The maximum absolute atomic E-state index is 12.8. The molecule has 0 aromatic heterocycles. The zero-order valence-corrected chi connectivity index (χ0v) is 13.4. The average molecular weight is 346 g/mol. The summed E-state index contributed by atoms with van der Waals surface area (Å²) < 4.78 is 25.6. The van der Waals surface area contributed by atoms with Crippen LogP contribution in [0.4, 0.5) is 0 Å². The van der Waals surface area contributed by atoms with E-state index in [1.54, 1.807) is 12.1 Å². The molecule has 0 heterocycles. The molecule has 0 saturated heterocycles. The van der Waals surface area contributed by atoms with Crippen LogP contribution in [0.5, 0.6) is 0 Å². The minimum atomic E-state index is -3.79. The molecule has 23 heavy (non-hydrogen) atoms. The lowest BCUT2D eigenvalue weighted by Crippen LogP contribution is -2.11. The molecule has 3 rings (SSSR count). The zero-order chi connectivity index (χ0) is 16.6. The van der Waals surface area contributed by atoms with Gasteiger partial charge in [-0.15, -0.1) is 0 Å². The van der Waals surface area contributed by atoms with E-state index in [2.05, 4.69) is 0 Å². The molecule has 3 aromatic carbocycles. The third-order valence-electron chi connectivity index (χ3n) is 3.54. The maximum Gasteiger partial charge on any atom is 0.248 e. The van der Waals surface area contributed by atoms with Crippen molar-refractivity contribution in [2.24, 2.45) is 5.73 Å². The summed E-state index contributed by atoms with van der Waals surface area (Å²) >= 11 is 6.04. The topological polar surface area (TPSA) is 77.2 Å². The van der Waals surface area contributed by atoms with E-state index in [0.717, 1.165) is 10.8 Å². The lowest BCUT2D eigenvalue weighted by molar-refractivity contribution is 0.1000. The molecule has 3 aromatic rings. The van der Waals surface area contributed by atoms with Gasteiger partial charge in [-0.25, -0.2) is 8.42 Å². The highest BCUT2D eigenvalue weighted by molar-refractivity contribution is 7.91. The van der Waals surface area contributed by atoms with E-state index in [1.165, 1.54) is 24.3 Å². The van der Waals surface area contributed by atoms with Gasteiger partial charge in [-0.2, -0.15) is 0 Å². The van der Waals surface area contributed by atoms with Gasteiger partial charge in [0.1, 0.15) is 0 Å². The Morgan fingerprint density at radius 2 is 1.61 bits per heavy atom. The number of carbonyl (C=O) groups is 1. The van der Waals surface area contributed by atoms with Crippen molar-refractivity contribution in [3.8, 4) is 0 Å². The smallest absolute Gasteiger partial charge is 0.248 e. The van der Waals surface area contributed by atoms with Crippen LogP contribution in [0.25, 0.3) is 10.8 Å². The highest BCUT2D eigenvalue weighted by atomic mass is 35.5. The van der Waals surface area contributed by atoms with Crippen LogP contribution in [-0.4, -0.2) is 14.3 Å². The number of carbonyl (C=O) groups excluding carboxylic acids is 1. The summed E-state index contributed by atoms with van der Waals surface area (Å²) in [6, 6.07) is 16.3. The second-order valence-electron chi connectivity index (χ2n) is 5.02. The third-order valence-corrected chi connectivity index (χ3v) is 5.77. The first kappa shape index (κ1) is 15.5. The number of hydrogen-bond donors (Lipinski definition) is 1. The number of rotatable bonds is 3. The summed E-state index contributed by atoms with van der Waals surface area (Å²) in [6.07, 6.45) is 0.